The van der Waals surface area contributed by atoms with Gasteiger partial charge < -0.3 is 10.5 Å². The molecule has 1 fully saturated rings. The van der Waals surface area contributed by atoms with Crippen LogP contribution < -0.4 is 5.73 Å². The minimum atomic E-state index is -0.837. The maximum absolute atomic E-state index is 13.5. The van der Waals surface area contributed by atoms with Gasteiger partial charge in [0.1, 0.15) is 11.6 Å². The van der Waals surface area contributed by atoms with E-state index in [0.717, 1.165) is 28.7 Å². The number of hydrogen-bond donors (Lipinski definition) is 1. The fourth-order valence-electron chi connectivity index (χ4n) is 4.94. The third kappa shape index (κ3) is 6.84. The number of primary amides is 1. The van der Waals surface area contributed by atoms with E-state index in [1.54, 1.807) is 24.3 Å². The maximum atomic E-state index is 13.5. The van der Waals surface area contributed by atoms with Crippen molar-refractivity contribution in [3.63, 3.8) is 0 Å². The lowest BCUT2D eigenvalue weighted by molar-refractivity contribution is -0.0620. The number of halogens is 2. The number of amides is 1. The second-order valence-corrected chi connectivity index (χ2v) is 9.39. The van der Waals surface area contributed by atoms with Crippen molar-refractivity contribution in [3.8, 4) is 12.3 Å². The van der Waals surface area contributed by atoms with Gasteiger partial charge in [-0.05, 0) is 65.8 Å². The van der Waals surface area contributed by atoms with Crippen LogP contribution in [0.2, 0.25) is 0 Å². The van der Waals surface area contributed by atoms with Crippen LogP contribution in [-0.2, 0) is 11.2 Å². The molecule has 1 heterocycles. The van der Waals surface area contributed by atoms with Crippen LogP contribution in [0.15, 0.2) is 84.9 Å². The first-order valence-electron chi connectivity index (χ1n) is 12.3. The summed E-state index contributed by atoms with van der Waals surface area (Å²) in [5, 5.41) is 0. The first-order valence-corrected chi connectivity index (χ1v) is 12.3. The highest BCUT2D eigenvalue weighted by molar-refractivity contribution is 5.79. The molecule has 1 aliphatic heterocycles. The largest absolute Gasteiger partial charge is 0.430 e. The Morgan fingerprint density at radius 1 is 1.03 bits per heavy atom. The molecule has 37 heavy (non-hydrogen) atoms. The van der Waals surface area contributed by atoms with Crippen molar-refractivity contribution in [1.82, 2.24) is 4.90 Å². The summed E-state index contributed by atoms with van der Waals surface area (Å²) in [4.78, 5) is 13.8. The summed E-state index contributed by atoms with van der Waals surface area (Å²) in [6.45, 7) is 1.24. The quantitative estimate of drug-likeness (QED) is 0.377. The minimum Gasteiger partial charge on any atom is -0.430 e. The molecular weight excluding hydrogens is 470 g/mol. The monoisotopic (exact) mass is 500 g/mol. The number of nitrogens with two attached hydrogens (primary N) is 1. The molecule has 0 radical (unpaired) electrons. The van der Waals surface area contributed by atoms with Gasteiger partial charge >= 0.3 is 6.09 Å². The van der Waals surface area contributed by atoms with Crippen LogP contribution in [0.5, 0.6) is 0 Å². The average molecular weight is 501 g/mol. The van der Waals surface area contributed by atoms with Crippen molar-refractivity contribution in [2.45, 2.75) is 31.9 Å². The highest BCUT2D eigenvalue weighted by atomic mass is 19.1. The van der Waals surface area contributed by atoms with Crippen molar-refractivity contribution < 1.29 is 18.3 Å². The van der Waals surface area contributed by atoms with Gasteiger partial charge in [0, 0.05) is 24.9 Å². The van der Waals surface area contributed by atoms with E-state index in [-0.39, 0.29) is 11.6 Å². The summed E-state index contributed by atoms with van der Waals surface area (Å²) >= 11 is 0. The van der Waals surface area contributed by atoms with Gasteiger partial charge in [0.25, 0.3) is 0 Å². The van der Waals surface area contributed by atoms with Crippen molar-refractivity contribution >= 4 is 11.7 Å². The van der Waals surface area contributed by atoms with Gasteiger partial charge in [-0.3, -0.25) is 4.90 Å². The number of carbonyl (C=O) groups is 1. The van der Waals surface area contributed by atoms with Crippen molar-refractivity contribution in [3.05, 3.63) is 113 Å². The predicted molar refractivity (Wildman–Crippen MR) is 141 cm³/mol. The van der Waals surface area contributed by atoms with E-state index in [4.69, 9.17) is 16.9 Å². The van der Waals surface area contributed by atoms with Crippen LogP contribution in [0.4, 0.5) is 13.6 Å². The molecule has 0 spiro atoms. The van der Waals surface area contributed by atoms with E-state index >= 15 is 0 Å². The molecule has 190 valence electrons. The predicted octanol–water partition coefficient (Wildman–Crippen LogP) is 6.17. The van der Waals surface area contributed by atoms with E-state index in [1.165, 1.54) is 24.3 Å². The Morgan fingerprint density at radius 2 is 1.62 bits per heavy atom. The molecule has 4 rings (SSSR count). The first kappa shape index (κ1) is 26.1. The summed E-state index contributed by atoms with van der Waals surface area (Å²) in [7, 11) is 0. The second-order valence-electron chi connectivity index (χ2n) is 9.39. The van der Waals surface area contributed by atoms with E-state index in [0.29, 0.717) is 32.4 Å². The molecule has 2 N–H and O–H groups in total. The molecule has 1 aliphatic rings. The Hall–Kier alpha value is -3.95. The fraction of sp³-hybridized carbons (Fsp3) is 0.258. The first-order chi connectivity index (χ1) is 17.9. The van der Waals surface area contributed by atoms with Gasteiger partial charge in [-0.1, -0.05) is 66.6 Å². The third-order valence-corrected chi connectivity index (χ3v) is 6.87. The van der Waals surface area contributed by atoms with Gasteiger partial charge in [0.05, 0.1) is 0 Å². The van der Waals surface area contributed by atoms with E-state index in [2.05, 4.69) is 10.8 Å². The van der Waals surface area contributed by atoms with Crippen molar-refractivity contribution in [1.29, 1.82) is 0 Å². The highest BCUT2D eigenvalue weighted by Gasteiger charge is 2.40. The lowest BCUT2D eigenvalue weighted by Gasteiger charge is -2.43. The number of rotatable bonds is 8. The van der Waals surface area contributed by atoms with Gasteiger partial charge in [0.2, 0.25) is 0 Å². The molecule has 0 aliphatic carbocycles. The molecule has 0 aromatic heterocycles. The second kappa shape index (κ2) is 11.9. The van der Waals surface area contributed by atoms with Gasteiger partial charge in [0.15, 0.2) is 6.23 Å². The molecule has 1 saturated heterocycles. The summed E-state index contributed by atoms with van der Waals surface area (Å²) in [6, 6.07) is 22.5. The Balaban J connectivity index is 1.52. The number of nitrogens with zero attached hydrogens (tertiary/aromatic N) is 1. The number of benzene rings is 3. The molecule has 1 amide bonds. The van der Waals surface area contributed by atoms with Crippen molar-refractivity contribution in [2.75, 3.05) is 13.1 Å². The van der Waals surface area contributed by atoms with Gasteiger partial charge in [-0.15, -0.1) is 6.42 Å². The zero-order valence-electron chi connectivity index (χ0n) is 20.6. The molecule has 3 aromatic carbocycles. The minimum absolute atomic E-state index is 0.325. The molecular formula is C31H30F2N2O2. The standard InChI is InChI=1S/C31H30F2N2O2/c1-2-31(21-23-7-4-3-5-8-23)18-20-35(29(22-31)37-30(34)36)19-6-9-28(24-10-14-26(32)15-11-24)25-12-16-27(33)17-13-25/h1,3-5,7-17,29H,6,18-22H2,(H2,34,36). The Bertz CT molecular complexity index is 1220. The van der Waals surface area contributed by atoms with Crippen LogP contribution in [0.25, 0.3) is 5.57 Å². The van der Waals surface area contributed by atoms with Crippen molar-refractivity contribution in [2.24, 2.45) is 11.1 Å². The Kier molecular flexibility index (Phi) is 8.37. The number of terminal acetylenes is 1. The third-order valence-electron chi connectivity index (χ3n) is 6.87. The summed E-state index contributed by atoms with van der Waals surface area (Å²) in [5.74, 6) is 2.33. The Morgan fingerprint density at radius 3 is 2.16 bits per heavy atom. The zero-order chi connectivity index (χ0) is 26.3. The fourth-order valence-corrected chi connectivity index (χ4v) is 4.94. The van der Waals surface area contributed by atoms with Crippen LogP contribution >= 0.6 is 0 Å². The molecule has 3 aromatic rings. The van der Waals surface area contributed by atoms with Gasteiger partial charge in [-0.2, -0.15) is 0 Å². The zero-order valence-corrected chi connectivity index (χ0v) is 20.6. The number of ether oxygens (including phenoxy) is 1. The lowest BCUT2D eigenvalue weighted by atomic mass is 9.74. The van der Waals surface area contributed by atoms with E-state index in [1.807, 2.05) is 36.4 Å². The maximum Gasteiger partial charge on any atom is 0.406 e. The lowest BCUT2D eigenvalue weighted by Crippen LogP contribution is -2.50. The Labute approximate surface area is 216 Å². The highest BCUT2D eigenvalue weighted by Crippen LogP contribution is 2.38. The number of piperidine rings is 1. The SMILES string of the molecule is C#CC1(Cc2ccccc2)CCN(CCC=C(c2ccc(F)cc2)c2ccc(F)cc2)C(OC(N)=O)C1. The molecule has 0 saturated carbocycles. The van der Waals surface area contributed by atoms with Crippen LogP contribution in [0.3, 0.4) is 0 Å². The van der Waals surface area contributed by atoms with E-state index in [9.17, 15) is 13.6 Å². The summed E-state index contributed by atoms with van der Waals surface area (Å²) < 4.78 is 32.6. The summed E-state index contributed by atoms with van der Waals surface area (Å²) in [6.07, 6.45) is 9.21. The van der Waals surface area contributed by atoms with E-state index < -0.39 is 17.7 Å². The number of likely N-dealkylation sites (tertiary alicyclic amines) is 1. The number of carbonyl (C=O) groups excluding carboxylic acids is 1. The molecule has 2 atom stereocenters. The average Bonchev–Trinajstić information content (AvgIpc) is 2.89. The summed E-state index contributed by atoms with van der Waals surface area (Å²) in [5.41, 5.74) is 8.62. The number of hydrogen-bond acceptors (Lipinski definition) is 3. The van der Waals surface area contributed by atoms with Crippen LogP contribution in [-0.4, -0.2) is 30.3 Å². The topological polar surface area (TPSA) is 55.6 Å². The smallest absolute Gasteiger partial charge is 0.406 e. The molecule has 6 heteroatoms. The van der Waals surface area contributed by atoms with Crippen LogP contribution in [0.1, 0.15) is 36.0 Å². The molecule has 0 bridgehead atoms. The molecule has 2 unspecified atom stereocenters. The van der Waals surface area contributed by atoms with Gasteiger partial charge in [-0.25, -0.2) is 13.6 Å². The normalized spacial score (nSPS) is 19.5. The van der Waals surface area contributed by atoms with Crippen LogP contribution in [0, 0.1) is 29.4 Å². The molecule has 4 nitrogen and oxygen atoms in total.